The molecule has 1 saturated carbocycles. The summed E-state index contributed by atoms with van der Waals surface area (Å²) in [5, 5.41) is 0. The van der Waals surface area contributed by atoms with E-state index in [4.69, 9.17) is 10.5 Å². The number of hydrogen-bond acceptors (Lipinski definition) is 3. The number of rotatable bonds is 4. The minimum atomic E-state index is 0.318. The second-order valence-electron chi connectivity index (χ2n) is 6.05. The predicted octanol–water partition coefficient (Wildman–Crippen LogP) is 2.71. The van der Waals surface area contributed by atoms with Crippen LogP contribution in [0.5, 0.6) is 5.75 Å². The average Bonchev–Trinajstić information content (AvgIpc) is 3.20. The lowest BCUT2D eigenvalue weighted by molar-refractivity contribution is 0.299. The molecule has 1 saturated heterocycles. The highest BCUT2D eigenvalue weighted by Gasteiger charge is 2.22. The van der Waals surface area contributed by atoms with Crippen LogP contribution in [-0.4, -0.2) is 25.7 Å². The summed E-state index contributed by atoms with van der Waals surface area (Å²) >= 11 is 0. The number of aryl methyl sites for hydroxylation is 1. The van der Waals surface area contributed by atoms with Crippen LogP contribution in [0, 0.1) is 12.8 Å². The van der Waals surface area contributed by atoms with Gasteiger partial charge in [0.1, 0.15) is 5.75 Å². The van der Waals surface area contributed by atoms with Gasteiger partial charge in [-0.05, 0) is 62.3 Å². The van der Waals surface area contributed by atoms with Crippen LogP contribution in [-0.2, 0) is 0 Å². The lowest BCUT2D eigenvalue weighted by Gasteiger charge is -2.33. The molecule has 1 heterocycles. The van der Waals surface area contributed by atoms with Gasteiger partial charge in [-0.15, -0.1) is 0 Å². The van der Waals surface area contributed by atoms with Crippen LogP contribution >= 0.6 is 0 Å². The van der Waals surface area contributed by atoms with E-state index in [9.17, 15) is 0 Å². The molecule has 104 valence electrons. The molecule has 19 heavy (non-hydrogen) atoms. The number of ether oxygens (including phenoxy) is 1. The van der Waals surface area contributed by atoms with Crippen molar-refractivity contribution in [2.75, 3.05) is 24.6 Å². The summed E-state index contributed by atoms with van der Waals surface area (Å²) in [5.74, 6) is 1.81. The van der Waals surface area contributed by atoms with Crippen LogP contribution < -0.4 is 15.4 Å². The Kier molecular flexibility index (Phi) is 3.65. The van der Waals surface area contributed by atoms with Crippen LogP contribution in [0.15, 0.2) is 18.2 Å². The molecular formula is C16H24N2O. The van der Waals surface area contributed by atoms with Gasteiger partial charge in [-0.3, -0.25) is 0 Å². The maximum absolute atomic E-state index is 6.06. The van der Waals surface area contributed by atoms with Gasteiger partial charge in [-0.1, -0.05) is 0 Å². The van der Waals surface area contributed by atoms with E-state index >= 15 is 0 Å². The molecule has 3 nitrogen and oxygen atoms in total. The van der Waals surface area contributed by atoms with Gasteiger partial charge in [-0.2, -0.15) is 0 Å². The zero-order chi connectivity index (χ0) is 13.2. The Balaban J connectivity index is 1.67. The number of hydrogen-bond donors (Lipinski definition) is 1. The Morgan fingerprint density at radius 1 is 1.32 bits per heavy atom. The topological polar surface area (TPSA) is 38.5 Å². The lowest BCUT2D eigenvalue weighted by Crippen LogP contribution is -2.43. The highest BCUT2D eigenvalue weighted by Crippen LogP contribution is 2.31. The lowest BCUT2D eigenvalue weighted by atomic mass is 10.0. The third kappa shape index (κ3) is 3.21. The third-order valence-electron chi connectivity index (χ3n) is 4.15. The first-order valence-electron chi connectivity index (χ1n) is 7.46. The summed E-state index contributed by atoms with van der Waals surface area (Å²) in [6.45, 7) is 5.15. The molecule has 3 rings (SSSR count). The van der Waals surface area contributed by atoms with Crippen molar-refractivity contribution in [2.24, 2.45) is 11.7 Å². The quantitative estimate of drug-likeness (QED) is 0.904. The molecule has 1 aliphatic carbocycles. The number of nitrogens with two attached hydrogens (primary N) is 1. The molecule has 1 aromatic carbocycles. The Bertz CT molecular complexity index is 442. The standard InChI is InChI=1S/C16H24N2O/c1-12-9-15(19-11-13-4-5-13)6-7-16(12)18-8-2-3-14(17)10-18/h6-7,9,13-14H,2-5,8,10-11,17H2,1H3. The highest BCUT2D eigenvalue weighted by molar-refractivity contribution is 5.56. The highest BCUT2D eigenvalue weighted by atomic mass is 16.5. The molecule has 1 atom stereocenters. The van der Waals surface area contributed by atoms with E-state index in [-0.39, 0.29) is 0 Å². The molecular weight excluding hydrogens is 236 g/mol. The van der Waals surface area contributed by atoms with Gasteiger partial charge in [0, 0.05) is 24.8 Å². The first-order valence-corrected chi connectivity index (χ1v) is 7.46. The number of piperidine rings is 1. The van der Waals surface area contributed by atoms with Gasteiger partial charge in [0.15, 0.2) is 0 Å². The van der Waals surface area contributed by atoms with E-state index in [1.807, 2.05) is 0 Å². The second-order valence-corrected chi connectivity index (χ2v) is 6.05. The Morgan fingerprint density at radius 3 is 2.84 bits per heavy atom. The molecule has 0 aromatic heterocycles. The zero-order valence-electron chi connectivity index (χ0n) is 11.8. The maximum atomic E-state index is 6.06. The SMILES string of the molecule is Cc1cc(OCC2CC2)ccc1N1CCCC(N)C1. The van der Waals surface area contributed by atoms with Crippen LogP contribution in [0.25, 0.3) is 0 Å². The van der Waals surface area contributed by atoms with Crippen molar-refractivity contribution >= 4 is 5.69 Å². The summed E-state index contributed by atoms with van der Waals surface area (Å²) in [4.78, 5) is 2.41. The summed E-state index contributed by atoms with van der Waals surface area (Å²) in [6.07, 6.45) is 5.02. The molecule has 1 aromatic rings. The predicted molar refractivity (Wildman–Crippen MR) is 78.8 cm³/mol. The van der Waals surface area contributed by atoms with Gasteiger partial charge in [-0.25, -0.2) is 0 Å². The van der Waals surface area contributed by atoms with Crippen LogP contribution in [0.4, 0.5) is 5.69 Å². The first-order chi connectivity index (χ1) is 9.22. The molecule has 0 radical (unpaired) electrons. The van der Waals surface area contributed by atoms with Crippen molar-refractivity contribution in [3.63, 3.8) is 0 Å². The van der Waals surface area contributed by atoms with Crippen molar-refractivity contribution in [3.8, 4) is 5.75 Å². The fourth-order valence-corrected chi connectivity index (χ4v) is 2.80. The van der Waals surface area contributed by atoms with Gasteiger partial charge in [0.2, 0.25) is 0 Å². The van der Waals surface area contributed by atoms with Crippen LogP contribution in [0.2, 0.25) is 0 Å². The Labute approximate surface area is 115 Å². The molecule has 2 N–H and O–H groups in total. The minimum Gasteiger partial charge on any atom is -0.493 e. The van der Waals surface area contributed by atoms with Crippen molar-refractivity contribution < 1.29 is 4.74 Å². The number of anilines is 1. The smallest absolute Gasteiger partial charge is 0.119 e. The average molecular weight is 260 g/mol. The largest absolute Gasteiger partial charge is 0.493 e. The fraction of sp³-hybridized carbons (Fsp3) is 0.625. The van der Waals surface area contributed by atoms with E-state index in [1.54, 1.807) is 0 Å². The number of nitrogens with zero attached hydrogens (tertiary/aromatic N) is 1. The normalized spacial score (nSPS) is 23.5. The number of benzene rings is 1. The van der Waals surface area contributed by atoms with Crippen molar-refractivity contribution in [1.29, 1.82) is 0 Å². The van der Waals surface area contributed by atoms with Crippen molar-refractivity contribution in [3.05, 3.63) is 23.8 Å². The first kappa shape index (κ1) is 12.8. The fourth-order valence-electron chi connectivity index (χ4n) is 2.80. The minimum absolute atomic E-state index is 0.318. The molecule has 1 aliphatic heterocycles. The molecule has 0 spiro atoms. The van der Waals surface area contributed by atoms with Gasteiger partial charge in [0.05, 0.1) is 6.61 Å². The van der Waals surface area contributed by atoms with E-state index in [0.29, 0.717) is 6.04 Å². The van der Waals surface area contributed by atoms with Crippen LogP contribution in [0.1, 0.15) is 31.2 Å². The van der Waals surface area contributed by atoms with Crippen molar-refractivity contribution in [1.82, 2.24) is 0 Å². The molecule has 1 unspecified atom stereocenters. The van der Waals surface area contributed by atoms with Gasteiger partial charge in [0.25, 0.3) is 0 Å². The van der Waals surface area contributed by atoms with E-state index in [0.717, 1.165) is 37.8 Å². The van der Waals surface area contributed by atoms with Crippen molar-refractivity contribution in [2.45, 2.75) is 38.6 Å². The molecule has 0 amide bonds. The third-order valence-corrected chi connectivity index (χ3v) is 4.15. The Morgan fingerprint density at radius 2 is 2.16 bits per heavy atom. The summed E-state index contributed by atoms with van der Waals surface area (Å²) < 4.78 is 5.83. The summed E-state index contributed by atoms with van der Waals surface area (Å²) in [6, 6.07) is 6.78. The Hall–Kier alpha value is -1.22. The molecule has 3 heteroatoms. The second kappa shape index (κ2) is 5.41. The van der Waals surface area contributed by atoms with Gasteiger partial charge < -0.3 is 15.4 Å². The van der Waals surface area contributed by atoms with E-state index in [1.165, 1.54) is 30.5 Å². The summed E-state index contributed by atoms with van der Waals surface area (Å²) in [7, 11) is 0. The van der Waals surface area contributed by atoms with E-state index < -0.39 is 0 Å². The molecule has 2 fully saturated rings. The van der Waals surface area contributed by atoms with E-state index in [2.05, 4.69) is 30.0 Å². The molecule has 2 aliphatic rings. The summed E-state index contributed by atoms with van der Waals surface area (Å²) in [5.41, 5.74) is 8.67. The maximum Gasteiger partial charge on any atom is 0.119 e. The van der Waals surface area contributed by atoms with Gasteiger partial charge >= 0.3 is 0 Å². The molecule has 0 bridgehead atoms. The van der Waals surface area contributed by atoms with Crippen LogP contribution in [0.3, 0.4) is 0 Å². The monoisotopic (exact) mass is 260 g/mol. The zero-order valence-corrected chi connectivity index (χ0v) is 11.8.